The van der Waals surface area contributed by atoms with Gasteiger partial charge < -0.3 is 19.7 Å². The summed E-state index contributed by atoms with van der Waals surface area (Å²) >= 11 is 0. The van der Waals surface area contributed by atoms with Crippen LogP contribution in [0.5, 0.6) is 5.75 Å². The van der Waals surface area contributed by atoms with E-state index in [0.717, 1.165) is 70.4 Å². The van der Waals surface area contributed by atoms with Gasteiger partial charge in [-0.15, -0.1) is 24.0 Å². The predicted octanol–water partition coefficient (Wildman–Crippen LogP) is 3.77. The Morgan fingerprint density at radius 1 is 1.06 bits per heavy atom. The van der Waals surface area contributed by atoms with Crippen LogP contribution in [-0.2, 0) is 16.1 Å². The number of methoxy groups -OCH3 is 1. The van der Waals surface area contributed by atoms with Crippen LogP contribution in [0.15, 0.2) is 29.3 Å². The van der Waals surface area contributed by atoms with E-state index >= 15 is 0 Å². The summed E-state index contributed by atoms with van der Waals surface area (Å²) in [6.07, 6.45) is 4.05. The lowest BCUT2D eigenvalue weighted by Gasteiger charge is -2.34. The Kier molecular flexibility index (Phi) is 12.3. The van der Waals surface area contributed by atoms with Gasteiger partial charge in [0.25, 0.3) is 0 Å². The van der Waals surface area contributed by atoms with Crippen molar-refractivity contribution in [3.63, 3.8) is 0 Å². The number of hydrogen-bond acceptors (Lipinski definition) is 5. The van der Waals surface area contributed by atoms with Crippen LogP contribution in [0.3, 0.4) is 0 Å². The van der Waals surface area contributed by atoms with Gasteiger partial charge in [-0.3, -0.25) is 14.7 Å². The van der Waals surface area contributed by atoms with E-state index in [4.69, 9.17) is 14.5 Å². The number of ether oxygens (including phenoxy) is 2. The van der Waals surface area contributed by atoms with Crippen molar-refractivity contribution in [1.82, 2.24) is 15.1 Å². The molecule has 186 valence electrons. The number of nitrogens with one attached hydrogen (secondary N) is 1. The van der Waals surface area contributed by atoms with E-state index in [9.17, 15) is 4.79 Å². The van der Waals surface area contributed by atoms with Gasteiger partial charge in [0.1, 0.15) is 5.75 Å². The number of nitrogens with zero attached hydrogens (tertiary/aromatic N) is 3. The number of hydrogen-bond donors (Lipinski definition) is 1. The van der Waals surface area contributed by atoms with E-state index in [0.29, 0.717) is 12.5 Å². The van der Waals surface area contributed by atoms with Crippen molar-refractivity contribution in [1.29, 1.82) is 0 Å². The van der Waals surface area contributed by atoms with Crippen LogP contribution in [0.2, 0.25) is 0 Å². The number of guanidine groups is 1. The van der Waals surface area contributed by atoms with Crippen molar-refractivity contribution in [2.24, 2.45) is 16.8 Å². The number of esters is 1. The van der Waals surface area contributed by atoms with Crippen molar-refractivity contribution in [3.05, 3.63) is 29.8 Å². The SMILES string of the molecule is CCNC(=NCC1CCN(Cc2ccc(OC)cc2)CC1)N1CCC(C(=O)OCC)CC1.I. The fraction of sp³-hybridized carbons (Fsp3) is 0.680. The first-order chi connectivity index (χ1) is 15.6. The highest BCUT2D eigenvalue weighted by Crippen LogP contribution is 2.22. The van der Waals surface area contributed by atoms with Gasteiger partial charge >= 0.3 is 5.97 Å². The second-order valence-corrected chi connectivity index (χ2v) is 8.78. The first kappa shape index (κ1) is 27.7. The molecule has 0 unspecified atom stereocenters. The fourth-order valence-electron chi connectivity index (χ4n) is 4.54. The van der Waals surface area contributed by atoms with E-state index in [1.807, 2.05) is 19.1 Å². The molecule has 1 N–H and O–H groups in total. The molecule has 7 nitrogen and oxygen atoms in total. The van der Waals surface area contributed by atoms with Gasteiger partial charge in [0, 0.05) is 32.7 Å². The largest absolute Gasteiger partial charge is 0.497 e. The summed E-state index contributed by atoms with van der Waals surface area (Å²) in [4.78, 5) is 21.8. The smallest absolute Gasteiger partial charge is 0.309 e. The molecule has 2 saturated heterocycles. The minimum atomic E-state index is -0.0458. The second-order valence-electron chi connectivity index (χ2n) is 8.78. The monoisotopic (exact) mass is 572 g/mol. The zero-order valence-electron chi connectivity index (χ0n) is 20.4. The highest BCUT2D eigenvalue weighted by atomic mass is 127. The molecule has 2 aliphatic heterocycles. The topological polar surface area (TPSA) is 66.4 Å². The molecule has 2 fully saturated rings. The second kappa shape index (κ2) is 14.7. The number of halogens is 1. The van der Waals surface area contributed by atoms with Crippen LogP contribution < -0.4 is 10.1 Å². The van der Waals surface area contributed by atoms with E-state index in [1.165, 1.54) is 18.4 Å². The summed E-state index contributed by atoms with van der Waals surface area (Å²) in [5.74, 6) is 2.52. The molecule has 8 heteroatoms. The van der Waals surface area contributed by atoms with E-state index < -0.39 is 0 Å². The first-order valence-electron chi connectivity index (χ1n) is 12.2. The summed E-state index contributed by atoms with van der Waals surface area (Å²) < 4.78 is 10.4. The Hall–Kier alpha value is -1.55. The van der Waals surface area contributed by atoms with Gasteiger partial charge in [-0.25, -0.2) is 0 Å². The lowest BCUT2D eigenvalue weighted by molar-refractivity contribution is -0.149. The van der Waals surface area contributed by atoms with E-state index in [2.05, 4.69) is 34.2 Å². The standard InChI is InChI=1S/C25H40N4O3.HI/c1-4-26-25(29-16-12-22(13-17-29)24(30)32-5-2)27-18-20-10-14-28(15-11-20)19-21-6-8-23(31-3)9-7-21;/h6-9,20,22H,4-5,10-19H2,1-3H3,(H,26,27);1H. The van der Waals surface area contributed by atoms with Crippen LogP contribution >= 0.6 is 24.0 Å². The highest BCUT2D eigenvalue weighted by molar-refractivity contribution is 14.0. The molecule has 2 heterocycles. The predicted molar refractivity (Wildman–Crippen MR) is 143 cm³/mol. The molecule has 0 aromatic heterocycles. The molecule has 0 radical (unpaired) electrons. The Labute approximate surface area is 216 Å². The lowest BCUT2D eigenvalue weighted by atomic mass is 9.96. The molecule has 0 atom stereocenters. The van der Waals surface area contributed by atoms with Gasteiger partial charge in [-0.1, -0.05) is 12.1 Å². The molecular formula is C25H41IN4O3. The highest BCUT2D eigenvalue weighted by Gasteiger charge is 2.27. The van der Waals surface area contributed by atoms with E-state index in [1.54, 1.807) is 7.11 Å². The fourth-order valence-corrected chi connectivity index (χ4v) is 4.54. The van der Waals surface area contributed by atoms with Gasteiger partial charge in [0.05, 0.1) is 19.6 Å². The number of rotatable bonds is 8. The van der Waals surface area contributed by atoms with E-state index in [-0.39, 0.29) is 35.9 Å². The zero-order valence-corrected chi connectivity index (χ0v) is 22.8. The molecule has 33 heavy (non-hydrogen) atoms. The Balaban J connectivity index is 0.00000385. The van der Waals surface area contributed by atoms with Gasteiger partial charge in [-0.2, -0.15) is 0 Å². The Morgan fingerprint density at radius 2 is 1.73 bits per heavy atom. The lowest BCUT2D eigenvalue weighted by Crippen LogP contribution is -2.47. The van der Waals surface area contributed by atoms with Crippen molar-refractivity contribution >= 4 is 35.9 Å². The molecule has 0 bridgehead atoms. The number of carbonyl (C=O) groups is 1. The van der Waals surface area contributed by atoms with Crippen molar-refractivity contribution in [2.45, 2.75) is 46.1 Å². The molecule has 1 aromatic rings. The number of piperidine rings is 2. The molecule has 0 aliphatic carbocycles. The molecule has 3 rings (SSSR count). The zero-order chi connectivity index (χ0) is 22.8. The average Bonchev–Trinajstić information content (AvgIpc) is 2.83. The maximum absolute atomic E-state index is 12.0. The Bertz CT molecular complexity index is 728. The van der Waals surface area contributed by atoms with Gasteiger partial charge in [0.2, 0.25) is 0 Å². The van der Waals surface area contributed by atoms with Crippen LogP contribution in [0.25, 0.3) is 0 Å². The minimum Gasteiger partial charge on any atom is -0.497 e. The minimum absolute atomic E-state index is 0. The van der Waals surface area contributed by atoms with Crippen molar-refractivity contribution in [2.75, 3.05) is 53.0 Å². The number of carbonyl (C=O) groups excluding carboxylic acids is 1. The number of likely N-dealkylation sites (tertiary alicyclic amines) is 2. The van der Waals surface area contributed by atoms with Crippen LogP contribution in [0.1, 0.15) is 45.1 Å². The summed E-state index contributed by atoms with van der Waals surface area (Å²) in [5.41, 5.74) is 1.34. The molecular weight excluding hydrogens is 531 g/mol. The third-order valence-corrected chi connectivity index (χ3v) is 6.52. The van der Waals surface area contributed by atoms with Crippen LogP contribution in [0, 0.1) is 11.8 Å². The summed E-state index contributed by atoms with van der Waals surface area (Å²) in [7, 11) is 1.70. The number of aliphatic imine (C=N–C) groups is 1. The van der Waals surface area contributed by atoms with Crippen molar-refractivity contribution < 1.29 is 14.3 Å². The van der Waals surface area contributed by atoms with Gasteiger partial charge in [0.15, 0.2) is 5.96 Å². The first-order valence-corrected chi connectivity index (χ1v) is 12.2. The molecule has 1 aromatic carbocycles. The maximum Gasteiger partial charge on any atom is 0.309 e. The van der Waals surface area contributed by atoms with Crippen LogP contribution in [0.4, 0.5) is 0 Å². The van der Waals surface area contributed by atoms with Gasteiger partial charge in [-0.05, 0) is 76.2 Å². The maximum atomic E-state index is 12.0. The summed E-state index contributed by atoms with van der Waals surface area (Å²) in [6.45, 7) is 11.1. The summed E-state index contributed by atoms with van der Waals surface area (Å²) in [5, 5.41) is 3.45. The molecule has 0 saturated carbocycles. The average molecular weight is 573 g/mol. The number of benzene rings is 1. The molecule has 0 amide bonds. The summed E-state index contributed by atoms with van der Waals surface area (Å²) in [6, 6.07) is 8.38. The van der Waals surface area contributed by atoms with Crippen molar-refractivity contribution in [3.8, 4) is 5.75 Å². The third-order valence-electron chi connectivity index (χ3n) is 6.52. The Morgan fingerprint density at radius 3 is 2.30 bits per heavy atom. The third kappa shape index (κ3) is 8.63. The molecule has 0 spiro atoms. The van der Waals surface area contributed by atoms with Crippen LogP contribution in [-0.4, -0.2) is 74.7 Å². The quantitative estimate of drug-likeness (QED) is 0.222. The normalized spacial score (nSPS) is 18.5. The molecule has 2 aliphatic rings.